The fourth-order valence-corrected chi connectivity index (χ4v) is 4.78. The average Bonchev–Trinajstić information content (AvgIpc) is 3.22. The summed E-state index contributed by atoms with van der Waals surface area (Å²) in [4.78, 5) is 13.7. The van der Waals surface area contributed by atoms with Crippen LogP contribution in [0, 0.1) is 11.7 Å². The summed E-state index contributed by atoms with van der Waals surface area (Å²) in [6, 6.07) is 10.6. The molecule has 152 valence electrons. The number of hydrogen-bond acceptors (Lipinski definition) is 5. The van der Waals surface area contributed by atoms with Gasteiger partial charge in [-0.1, -0.05) is 43.8 Å². The molecule has 1 saturated carbocycles. The van der Waals surface area contributed by atoms with Crippen molar-refractivity contribution in [3.05, 3.63) is 53.2 Å². The predicted octanol–water partition coefficient (Wildman–Crippen LogP) is 5.09. The zero-order valence-electron chi connectivity index (χ0n) is 16.3. The molecular weight excluding hydrogens is 407 g/mol. The van der Waals surface area contributed by atoms with Crippen LogP contribution in [0.15, 0.2) is 46.9 Å². The van der Waals surface area contributed by atoms with Gasteiger partial charge < -0.3 is 5.32 Å². The highest BCUT2D eigenvalue weighted by atomic mass is 32.2. The number of nitrogens with one attached hydrogen (secondary N) is 1. The Hall–Kier alpha value is -2.19. The molecule has 3 aromatic rings. The van der Waals surface area contributed by atoms with Gasteiger partial charge >= 0.3 is 0 Å². The summed E-state index contributed by atoms with van der Waals surface area (Å²) < 4.78 is 15.4. The van der Waals surface area contributed by atoms with Gasteiger partial charge in [0.15, 0.2) is 11.0 Å². The highest BCUT2D eigenvalue weighted by Gasteiger charge is 2.30. The van der Waals surface area contributed by atoms with Gasteiger partial charge in [0.25, 0.3) is 0 Å². The first-order chi connectivity index (χ1) is 14.0. The van der Waals surface area contributed by atoms with Crippen LogP contribution in [0.4, 0.5) is 4.39 Å². The third kappa shape index (κ3) is 4.70. The lowest BCUT2D eigenvalue weighted by Gasteiger charge is -2.23. The number of hydrogen-bond donors (Lipinski definition) is 1. The summed E-state index contributed by atoms with van der Waals surface area (Å²) in [5.41, 5.74) is 0.904. The van der Waals surface area contributed by atoms with Crippen molar-refractivity contribution in [1.29, 1.82) is 0 Å². The first-order valence-electron chi connectivity index (χ1n) is 9.69. The number of rotatable bonds is 8. The van der Waals surface area contributed by atoms with Gasteiger partial charge in [0.1, 0.15) is 5.82 Å². The van der Waals surface area contributed by atoms with Crippen molar-refractivity contribution in [1.82, 2.24) is 20.1 Å². The van der Waals surface area contributed by atoms with E-state index >= 15 is 0 Å². The molecule has 5 nitrogen and oxygen atoms in total. The van der Waals surface area contributed by atoms with E-state index < -0.39 is 0 Å². The SMILES string of the molecule is CC(C)C(NC(=O)CSc1nnc(-c2cccs2)n1C1CC1)c1ccc(F)cc1. The van der Waals surface area contributed by atoms with Crippen molar-refractivity contribution >= 4 is 29.0 Å². The average molecular weight is 431 g/mol. The normalized spacial score (nSPS) is 14.9. The molecular formula is C21H23FN4OS2. The number of amides is 1. The van der Waals surface area contributed by atoms with Crippen LogP contribution in [-0.4, -0.2) is 26.4 Å². The van der Waals surface area contributed by atoms with Crippen LogP contribution in [0.2, 0.25) is 0 Å². The summed E-state index contributed by atoms with van der Waals surface area (Å²) in [6.07, 6.45) is 2.24. The van der Waals surface area contributed by atoms with Crippen LogP contribution in [0.5, 0.6) is 0 Å². The zero-order valence-corrected chi connectivity index (χ0v) is 18.0. The maximum Gasteiger partial charge on any atom is 0.230 e. The highest BCUT2D eigenvalue weighted by Crippen LogP contribution is 2.41. The minimum atomic E-state index is -0.279. The van der Waals surface area contributed by atoms with Crippen molar-refractivity contribution in [2.45, 2.75) is 43.9 Å². The number of thioether (sulfide) groups is 1. The quantitative estimate of drug-likeness (QED) is 0.506. The monoisotopic (exact) mass is 430 g/mol. The van der Waals surface area contributed by atoms with E-state index in [1.807, 2.05) is 31.4 Å². The summed E-state index contributed by atoms with van der Waals surface area (Å²) in [6.45, 7) is 4.08. The van der Waals surface area contributed by atoms with Gasteiger partial charge in [0.05, 0.1) is 16.7 Å². The van der Waals surface area contributed by atoms with Gasteiger partial charge in [-0.15, -0.1) is 21.5 Å². The lowest BCUT2D eigenvalue weighted by Crippen LogP contribution is -2.33. The molecule has 1 fully saturated rings. The Morgan fingerprint density at radius 1 is 1.28 bits per heavy atom. The van der Waals surface area contributed by atoms with Gasteiger partial charge in [0.2, 0.25) is 5.91 Å². The molecule has 8 heteroatoms. The van der Waals surface area contributed by atoms with Crippen LogP contribution in [0.3, 0.4) is 0 Å². The number of carbonyl (C=O) groups is 1. The molecule has 0 bridgehead atoms. The molecule has 2 heterocycles. The minimum absolute atomic E-state index is 0.0685. The lowest BCUT2D eigenvalue weighted by molar-refractivity contribution is -0.119. The molecule has 1 atom stereocenters. The van der Waals surface area contributed by atoms with Crippen molar-refractivity contribution < 1.29 is 9.18 Å². The van der Waals surface area contributed by atoms with Crippen LogP contribution in [0.1, 0.15) is 44.3 Å². The van der Waals surface area contributed by atoms with E-state index in [0.717, 1.165) is 34.3 Å². The maximum absolute atomic E-state index is 13.2. The highest BCUT2D eigenvalue weighted by molar-refractivity contribution is 7.99. The maximum atomic E-state index is 13.2. The zero-order chi connectivity index (χ0) is 20.4. The molecule has 0 spiro atoms. The van der Waals surface area contributed by atoms with Crippen LogP contribution >= 0.6 is 23.1 Å². The van der Waals surface area contributed by atoms with Crippen molar-refractivity contribution in [3.63, 3.8) is 0 Å². The molecule has 2 aromatic heterocycles. The standard InChI is InChI=1S/C21H23FN4OS2/c1-13(2)19(14-5-7-15(22)8-6-14)23-18(27)12-29-21-25-24-20(17-4-3-11-28-17)26(21)16-9-10-16/h3-8,11,13,16,19H,9-10,12H2,1-2H3,(H,23,27). The van der Waals surface area contributed by atoms with Gasteiger partial charge in [-0.25, -0.2) is 4.39 Å². The van der Waals surface area contributed by atoms with Gasteiger partial charge in [-0.05, 0) is 47.9 Å². The minimum Gasteiger partial charge on any atom is -0.348 e. The smallest absolute Gasteiger partial charge is 0.230 e. The van der Waals surface area contributed by atoms with Gasteiger partial charge in [-0.2, -0.15) is 0 Å². The number of carbonyl (C=O) groups excluding carboxylic acids is 1. The second-order valence-electron chi connectivity index (χ2n) is 7.51. The predicted molar refractivity (Wildman–Crippen MR) is 114 cm³/mol. The Bertz CT molecular complexity index is 965. The largest absolute Gasteiger partial charge is 0.348 e. The Balaban J connectivity index is 1.43. The molecule has 1 unspecified atom stereocenters. The fraction of sp³-hybridized carbons (Fsp3) is 0.381. The molecule has 1 aliphatic carbocycles. The summed E-state index contributed by atoms with van der Waals surface area (Å²) in [5, 5.41) is 14.6. The molecule has 0 aliphatic heterocycles. The molecule has 0 radical (unpaired) electrons. The first-order valence-corrected chi connectivity index (χ1v) is 11.6. The van der Waals surface area contributed by atoms with Crippen molar-refractivity contribution in [2.24, 2.45) is 5.92 Å². The van der Waals surface area contributed by atoms with E-state index in [-0.39, 0.29) is 29.4 Å². The molecule has 1 aliphatic rings. The Kier molecular flexibility index (Phi) is 6.01. The molecule has 1 aromatic carbocycles. The molecule has 0 saturated heterocycles. The van der Waals surface area contributed by atoms with E-state index in [2.05, 4.69) is 20.1 Å². The van der Waals surface area contributed by atoms with E-state index in [9.17, 15) is 9.18 Å². The van der Waals surface area contributed by atoms with Crippen LogP contribution < -0.4 is 5.32 Å². The molecule has 1 amide bonds. The first kappa shape index (κ1) is 20.1. The summed E-state index contributed by atoms with van der Waals surface area (Å²) >= 11 is 3.06. The second-order valence-corrected chi connectivity index (χ2v) is 9.40. The molecule has 29 heavy (non-hydrogen) atoms. The fourth-order valence-electron chi connectivity index (χ4n) is 3.26. The molecule has 1 N–H and O–H groups in total. The third-order valence-corrected chi connectivity index (χ3v) is 6.67. The lowest BCUT2D eigenvalue weighted by atomic mass is 9.96. The Labute approximate surface area is 177 Å². The van der Waals surface area contributed by atoms with Crippen molar-refractivity contribution in [3.8, 4) is 10.7 Å². The Morgan fingerprint density at radius 2 is 2.03 bits per heavy atom. The third-order valence-electron chi connectivity index (χ3n) is 4.86. The van der Waals surface area contributed by atoms with Crippen LogP contribution in [-0.2, 0) is 4.79 Å². The topological polar surface area (TPSA) is 59.8 Å². The van der Waals surface area contributed by atoms with Crippen LogP contribution in [0.25, 0.3) is 10.7 Å². The van der Waals surface area contributed by atoms with Gasteiger partial charge in [0, 0.05) is 6.04 Å². The number of nitrogens with zero attached hydrogens (tertiary/aromatic N) is 3. The van der Waals surface area contributed by atoms with E-state index in [1.165, 1.54) is 23.9 Å². The Morgan fingerprint density at radius 3 is 2.66 bits per heavy atom. The van der Waals surface area contributed by atoms with E-state index in [0.29, 0.717) is 6.04 Å². The second kappa shape index (κ2) is 8.67. The van der Waals surface area contributed by atoms with E-state index in [4.69, 9.17) is 0 Å². The summed E-state index contributed by atoms with van der Waals surface area (Å²) in [7, 11) is 0. The summed E-state index contributed by atoms with van der Waals surface area (Å²) in [5.74, 6) is 0.992. The number of thiophene rings is 1. The van der Waals surface area contributed by atoms with Gasteiger partial charge in [-0.3, -0.25) is 9.36 Å². The number of halogens is 1. The molecule has 4 rings (SSSR count). The van der Waals surface area contributed by atoms with Crippen molar-refractivity contribution in [2.75, 3.05) is 5.75 Å². The number of aromatic nitrogens is 3. The van der Waals surface area contributed by atoms with E-state index in [1.54, 1.807) is 23.5 Å². The number of benzene rings is 1.